The van der Waals surface area contributed by atoms with Gasteiger partial charge >= 0.3 is 0 Å². The van der Waals surface area contributed by atoms with Crippen molar-refractivity contribution in [3.05, 3.63) is 41.6 Å². The Hall–Kier alpha value is -1.92. The SMILES string of the molecule is CCNC(=S)Nc1nc(Cl)cc(Oc2ccccc2)n1. The zero-order valence-corrected chi connectivity index (χ0v) is 12.3. The summed E-state index contributed by atoms with van der Waals surface area (Å²) in [5, 5.41) is 6.48. The average molecular weight is 309 g/mol. The molecule has 0 aliphatic heterocycles. The second-order valence-corrected chi connectivity index (χ2v) is 4.55. The van der Waals surface area contributed by atoms with Gasteiger partial charge in [-0.25, -0.2) is 4.98 Å². The first-order chi connectivity index (χ1) is 9.67. The third-order valence-corrected chi connectivity index (χ3v) is 2.64. The lowest BCUT2D eigenvalue weighted by atomic mass is 10.3. The molecule has 0 aliphatic carbocycles. The Kier molecular flexibility index (Phi) is 5.09. The minimum atomic E-state index is 0.271. The van der Waals surface area contributed by atoms with E-state index in [2.05, 4.69) is 20.6 Å². The highest BCUT2D eigenvalue weighted by Crippen LogP contribution is 2.22. The first-order valence-corrected chi connectivity index (χ1v) is 6.78. The van der Waals surface area contributed by atoms with Crippen molar-refractivity contribution in [3.63, 3.8) is 0 Å². The van der Waals surface area contributed by atoms with E-state index in [1.807, 2.05) is 37.3 Å². The fourth-order valence-corrected chi connectivity index (χ4v) is 1.83. The molecule has 20 heavy (non-hydrogen) atoms. The van der Waals surface area contributed by atoms with Gasteiger partial charge in [-0.1, -0.05) is 29.8 Å². The predicted molar refractivity (Wildman–Crippen MR) is 83.5 cm³/mol. The number of ether oxygens (including phenoxy) is 1. The van der Waals surface area contributed by atoms with Gasteiger partial charge < -0.3 is 15.4 Å². The van der Waals surface area contributed by atoms with Crippen LogP contribution in [-0.2, 0) is 0 Å². The van der Waals surface area contributed by atoms with Crippen molar-refractivity contribution >= 4 is 34.9 Å². The summed E-state index contributed by atoms with van der Waals surface area (Å²) in [4.78, 5) is 8.23. The Labute approximate surface area is 127 Å². The molecular formula is C13H13ClN4OS. The van der Waals surface area contributed by atoms with Crippen LogP contribution in [0.25, 0.3) is 0 Å². The molecule has 0 atom stereocenters. The molecule has 5 nitrogen and oxygen atoms in total. The number of aromatic nitrogens is 2. The van der Waals surface area contributed by atoms with Gasteiger partial charge in [0, 0.05) is 12.6 Å². The van der Waals surface area contributed by atoms with E-state index in [1.165, 1.54) is 6.07 Å². The van der Waals surface area contributed by atoms with Crippen LogP contribution in [-0.4, -0.2) is 21.6 Å². The van der Waals surface area contributed by atoms with E-state index in [-0.39, 0.29) is 11.1 Å². The van der Waals surface area contributed by atoms with E-state index in [0.717, 1.165) is 0 Å². The van der Waals surface area contributed by atoms with E-state index >= 15 is 0 Å². The number of rotatable bonds is 4. The van der Waals surface area contributed by atoms with E-state index in [1.54, 1.807) is 0 Å². The van der Waals surface area contributed by atoms with Gasteiger partial charge in [0.2, 0.25) is 11.8 Å². The van der Waals surface area contributed by atoms with Crippen molar-refractivity contribution in [2.24, 2.45) is 0 Å². The average Bonchev–Trinajstić information content (AvgIpc) is 2.39. The summed E-state index contributed by atoms with van der Waals surface area (Å²) in [5.74, 6) is 1.30. The minimum Gasteiger partial charge on any atom is -0.439 e. The number of benzene rings is 1. The number of thiocarbonyl (C=S) groups is 1. The maximum absolute atomic E-state index is 5.94. The van der Waals surface area contributed by atoms with Crippen LogP contribution in [0.3, 0.4) is 0 Å². The lowest BCUT2D eigenvalue weighted by molar-refractivity contribution is 0.462. The molecule has 0 fully saturated rings. The summed E-state index contributed by atoms with van der Waals surface area (Å²) in [6.07, 6.45) is 0. The maximum Gasteiger partial charge on any atom is 0.233 e. The molecule has 0 bridgehead atoms. The highest BCUT2D eigenvalue weighted by molar-refractivity contribution is 7.80. The summed E-state index contributed by atoms with van der Waals surface area (Å²) < 4.78 is 5.60. The van der Waals surface area contributed by atoms with Crippen LogP contribution in [0.4, 0.5) is 5.95 Å². The van der Waals surface area contributed by atoms with E-state index in [9.17, 15) is 0 Å². The quantitative estimate of drug-likeness (QED) is 0.668. The number of hydrogen-bond donors (Lipinski definition) is 2. The Morgan fingerprint density at radius 1 is 1.30 bits per heavy atom. The van der Waals surface area contributed by atoms with Gasteiger partial charge in [0.15, 0.2) is 5.11 Å². The zero-order chi connectivity index (χ0) is 14.4. The van der Waals surface area contributed by atoms with Crippen molar-refractivity contribution in [3.8, 4) is 11.6 Å². The first-order valence-electron chi connectivity index (χ1n) is 5.99. The highest BCUT2D eigenvalue weighted by atomic mass is 35.5. The van der Waals surface area contributed by atoms with Crippen molar-refractivity contribution < 1.29 is 4.74 Å². The third kappa shape index (κ3) is 4.32. The van der Waals surface area contributed by atoms with Gasteiger partial charge in [-0.05, 0) is 31.3 Å². The molecule has 1 heterocycles. The highest BCUT2D eigenvalue weighted by Gasteiger charge is 2.06. The van der Waals surface area contributed by atoms with Crippen LogP contribution in [0.5, 0.6) is 11.6 Å². The van der Waals surface area contributed by atoms with E-state index < -0.39 is 0 Å². The fraction of sp³-hybridized carbons (Fsp3) is 0.154. The topological polar surface area (TPSA) is 59.1 Å². The molecule has 0 saturated heterocycles. The lowest BCUT2D eigenvalue weighted by Gasteiger charge is -2.09. The van der Waals surface area contributed by atoms with Crippen molar-refractivity contribution in [2.45, 2.75) is 6.92 Å². The minimum absolute atomic E-state index is 0.271. The first kappa shape index (κ1) is 14.5. The second-order valence-electron chi connectivity index (χ2n) is 3.75. The normalized spacial score (nSPS) is 9.90. The maximum atomic E-state index is 5.94. The van der Waals surface area contributed by atoms with Gasteiger partial charge in [-0.15, -0.1) is 0 Å². The van der Waals surface area contributed by atoms with E-state index in [4.69, 9.17) is 28.6 Å². The predicted octanol–water partition coefficient (Wildman–Crippen LogP) is 3.23. The molecule has 1 aromatic heterocycles. The van der Waals surface area contributed by atoms with Crippen LogP contribution in [0, 0.1) is 0 Å². The Morgan fingerprint density at radius 2 is 2.05 bits per heavy atom. The number of halogens is 1. The van der Waals surface area contributed by atoms with Gasteiger partial charge in [-0.3, -0.25) is 0 Å². The Bertz CT molecular complexity index is 594. The molecule has 7 heteroatoms. The summed E-state index contributed by atoms with van der Waals surface area (Å²) in [6.45, 7) is 2.65. The van der Waals surface area contributed by atoms with Crippen molar-refractivity contribution in [1.29, 1.82) is 0 Å². The van der Waals surface area contributed by atoms with Crippen LogP contribution >= 0.6 is 23.8 Å². The molecule has 2 rings (SSSR count). The molecule has 0 amide bonds. The summed E-state index contributed by atoms with van der Waals surface area (Å²) in [5.41, 5.74) is 0. The lowest BCUT2D eigenvalue weighted by Crippen LogP contribution is -2.28. The monoisotopic (exact) mass is 308 g/mol. The number of hydrogen-bond acceptors (Lipinski definition) is 4. The van der Waals surface area contributed by atoms with Crippen LogP contribution < -0.4 is 15.4 Å². The molecule has 1 aromatic carbocycles. The number of anilines is 1. The van der Waals surface area contributed by atoms with Crippen LogP contribution in [0.1, 0.15) is 6.92 Å². The second kappa shape index (κ2) is 7.02. The zero-order valence-electron chi connectivity index (χ0n) is 10.8. The summed E-state index contributed by atoms with van der Waals surface area (Å²) >= 11 is 11.0. The fourth-order valence-electron chi connectivity index (χ4n) is 1.42. The third-order valence-electron chi connectivity index (χ3n) is 2.20. The molecule has 2 aromatic rings. The largest absolute Gasteiger partial charge is 0.439 e. The molecule has 2 N–H and O–H groups in total. The van der Waals surface area contributed by atoms with Gasteiger partial charge in [0.25, 0.3) is 0 Å². The van der Waals surface area contributed by atoms with Gasteiger partial charge in [0.05, 0.1) is 0 Å². The Balaban J connectivity index is 2.14. The number of nitrogens with zero attached hydrogens (tertiary/aromatic N) is 2. The van der Waals surface area contributed by atoms with Crippen LogP contribution in [0.2, 0.25) is 5.15 Å². The van der Waals surface area contributed by atoms with Gasteiger partial charge in [-0.2, -0.15) is 4.98 Å². The summed E-state index contributed by atoms with van der Waals surface area (Å²) in [7, 11) is 0. The van der Waals surface area contributed by atoms with Crippen molar-refractivity contribution in [1.82, 2.24) is 15.3 Å². The molecule has 0 unspecified atom stereocenters. The molecule has 0 radical (unpaired) electrons. The van der Waals surface area contributed by atoms with Crippen LogP contribution in [0.15, 0.2) is 36.4 Å². The Morgan fingerprint density at radius 3 is 2.75 bits per heavy atom. The molecule has 104 valence electrons. The smallest absolute Gasteiger partial charge is 0.233 e. The molecular weight excluding hydrogens is 296 g/mol. The van der Waals surface area contributed by atoms with Crippen molar-refractivity contribution in [2.75, 3.05) is 11.9 Å². The van der Waals surface area contributed by atoms with E-state index in [0.29, 0.717) is 23.3 Å². The molecule has 0 spiro atoms. The molecule has 0 aliphatic rings. The summed E-state index contributed by atoms with van der Waals surface area (Å²) in [6, 6.07) is 10.8. The molecule has 0 saturated carbocycles. The number of para-hydroxylation sites is 1. The number of nitrogens with one attached hydrogen (secondary N) is 2. The van der Waals surface area contributed by atoms with Gasteiger partial charge in [0.1, 0.15) is 10.9 Å². The standard InChI is InChI=1S/C13H13ClN4OS/c1-2-15-13(20)18-12-16-10(14)8-11(17-12)19-9-6-4-3-5-7-9/h3-8H,2H2,1H3,(H2,15,16,17,18,20).